The van der Waals surface area contributed by atoms with Crippen LogP contribution in [0.2, 0.25) is 0 Å². The van der Waals surface area contributed by atoms with Crippen LogP contribution in [-0.4, -0.2) is 38.0 Å². The molecule has 3 aromatic rings. The van der Waals surface area contributed by atoms with Gasteiger partial charge in [0.25, 0.3) is 0 Å². The minimum absolute atomic E-state index is 0.301. The number of tetrazole rings is 1. The summed E-state index contributed by atoms with van der Waals surface area (Å²) in [5, 5.41) is 24.0. The van der Waals surface area contributed by atoms with Gasteiger partial charge in [-0.3, -0.25) is 0 Å². The van der Waals surface area contributed by atoms with E-state index in [-0.39, 0.29) is 6.10 Å². The number of hydrogen-bond acceptors (Lipinski definition) is 6. The average Bonchev–Trinajstić information content (AvgIpc) is 3.04. The van der Waals surface area contributed by atoms with E-state index < -0.39 is 0 Å². The molecule has 0 spiro atoms. The van der Waals surface area contributed by atoms with Gasteiger partial charge in [0.15, 0.2) is 0 Å². The molecule has 124 valence electrons. The summed E-state index contributed by atoms with van der Waals surface area (Å²) in [7, 11) is 0. The third-order valence-corrected chi connectivity index (χ3v) is 3.32. The number of aliphatic hydroxyl groups excluding tert-OH is 1. The van der Waals surface area contributed by atoms with Crippen molar-refractivity contribution in [1.29, 1.82) is 0 Å². The summed E-state index contributed by atoms with van der Waals surface area (Å²) in [4.78, 5) is 0. The molecule has 2 aromatic carbocycles. The van der Waals surface area contributed by atoms with Crippen molar-refractivity contribution >= 4 is 0 Å². The quantitative estimate of drug-likeness (QED) is 0.690. The maximum absolute atomic E-state index is 9.28. The number of para-hydroxylation sites is 1. The van der Waals surface area contributed by atoms with Crippen LogP contribution in [0.15, 0.2) is 54.6 Å². The van der Waals surface area contributed by atoms with E-state index in [1.165, 1.54) is 0 Å². The van der Waals surface area contributed by atoms with Crippen LogP contribution < -0.4 is 10.1 Å². The number of aromatic nitrogens is 4. The smallest absolute Gasteiger partial charge is 0.345 e. The van der Waals surface area contributed by atoms with E-state index in [1.54, 1.807) is 11.6 Å². The molecular weight excluding hydrogens is 306 g/mol. The van der Waals surface area contributed by atoms with E-state index in [2.05, 4.69) is 20.8 Å². The van der Waals surface area contributed by atoms with Crippen LogP contribution in [0.25, 0.3) is 5.69 Å². The number of nitrogens with zero attached hydrogens (tertiary/aromatic N) is 4. The van der Waals surface area contributed by atoms with Crippen LogP contribution in [-0.2, 0) is 6.54 Å². The van der Waals surface area contributed by atoms with Gasteiger partial charge in [-0.2, -0.15) is 4.68 Å². The van der Waals surface area contributed by atoms with E-state index in [9.17, 15) is 5.11 Å². The Hall–Kier alpha value is -2.77. The average molecular weight is 325 g/mol. The predicted octanol–water partition coefficient (Wildman–Crippen LogP) is 1.93. The molecule has 2 N–H and O–H groups in total. The van der Waals surface area contributed by atoms with Crippen LogP contribution in [0.4, 0.5) is 0 Å². The molecule has 0 saturated heterocycles. The van der Waals surface area contributed by atoms with Gasteiger partial charge in [0.1, 0.15) is 5.75 Å². The SMILES string of the molecule is C[C@H](O)CNCc1cccc(Oc2nnnn2-c2ccccc2)c1. The normalized spacial score (nSPS) is 12.1. The van der Waals surface area contributed by atoms with Gasteiger partial charge in [-0.15, -0.1) is 0 Å². The minimum Gasteiger partial charge on any atom is -0.423 e. The monoisotopic (exact) mass is 325 g/mol. The van der Waals surface area contributed by atoms with Gasteiger partial charge in [0.2, 0.25) is 0 Å². The topological polar surface area (TPSA) is 85.1 Å². The molecule has 24 heavy (non-hydrogen) atoms. The molecule has 7 heteroatoms. The zero-order valence-electron chi connectivity index (χ0n) is 13.3. The summed E-state index contributed by atoms with van der Waals surface area (Å²) in [6, 6.07) is 17.5. The molecule has 0 aliphatic heterocycles. The Balaban J connectivity index is 1.72. The molecule has 0 bridgehead atoms. The molecule has 0 aliphatic carbocycles. The second kappa shape index (κ2) is 7.67. The maximum Gasteiger partial charge on any atom is 0.345 e. The first-order chi connectivity index (χ1) is 11.7. The fourth-order valence-electron chi connectivity index (χ4n) is 2.22. The minimum atomic E-state index is -0.375. The van der Waals surface area contributed by atoms with E-state index in [1.807, 2.05) is 54.6 Å². The first-order valence-corrected chi connectivity index (χ1v) is 7.72. The summed E-state index contributed by atoms with van der Waals surface area (Å²) in [5.74, 6) is 0.651. The first-order valence-electron chi connectivity index (χ1n) is 7.72. The van der Waals surface area contributed by atoms with E-state index in [0.29, 0.717) is 24.8 Å². The van der Waals surface area contributed by atoms with Crippen molar-refractivity contribution in [3.8, 4) is 17.4 Å². The van der Waals surface area contributed by atoms with Crippen LogP contribution in [0.1, 0.15) is 12.5 Å². The standard InChI is InChI=1S/C17H19N5O2/c1-13(23)11-18-12-14-6-5-9-16(10-14)24-17-19-20-21-22(17)15-7-3-2-4-8-15/h2-10,13,18,23H,11-12H2,1H3/t13-/m0/s1. The number of rotatable bonds is 7. The zero-order valence-corrected chi connectivity index (χ0v) is 13.3. The largest absolute Gasteiger partial charge is 0.423 e. The fourth-order valence-corrected chi connectivity index (χ4v) is 2.22. The molecule has 0 amide bonds. The van der Waals surface area contributed by atoms with Gasteiger partial charge >= 0.3 is 6.01 Å². The fraction of sp³-hybridized carbons (Fsp3) is 0.235. The van der Waals surface area contributed by atoms with Gasteiger partial charge in [-0.25, -0.2) is 0 Å². The molecule has 0 fully saturated rings. The molecule has 1 aromatic heterocycles. The van der Waals surface area contributed by atoms with Gasteiger partial charge < -0.3 is 15.2 Å². The Morgan fingerprint density at radius 2 is 2.00 bits per heavy atom. The van der Waals surface area contributed by atoms with Gasteiger partial charge in [0, 0.05) is 13.1 Å². The lowest BCUT2D eigenvalue weighted by Crippen LogP contribution is -2.23. The van der Waals surface area contributed by atoms with Crippen molar-refractivity contribution in [1.82, 2.24) is 25.5 Å². The Morgan fingerprint density at radius 3 is 2.79 bits per heavy atom. The van der Waals surface area contributed by atoms with Crippen molar-refractivity contribution < 1.29 is 9.84 Å². The number of aliphatic hydroxyl groups is 1. The molecule has 0 saturated carbocycles. The Labute approximate surface area is 139 Å². The van der Waals surface area contributed by atoms with Crippen LogP contribution in [0.3, 0.4) is 0 Å². The Bertz CT molecular complexity index is 773. The number of benzene rings is 2. The molecule has 0 radical (unpaired) electrons. The van der Waals surface area contributed by atoms with Crippen molar-refractivity contribution in [2.45, 2.75) is 19.6 Å². The van der Waals surface area contributed by atoms with Gasteiger partial charge in [-0.1, -0.05) is 35.4 Å². The highest BCUT2D eigenvalue weighted by molar-refractivity contribution is 5.34. The molecule has 3 rings (SSSR count). The van der Waals surface area contributed by atoms with E-state index in [0.717, 1.165) is 11.3 Å². The van der Waals surface area contributed by atoms with Crippen LogP contribution in [0, 0.1) is 0 Å². The van der Waals surface area contributed by atoms with E-state index in [4.69, 9.17) is 4.74 Å². The molecule has 0 aliphatic rings. The number of nitrogens with one attached hydrogen (secondary N) is 1. The summed E-state index contributed by atoms with van der Waals surface area (Å²) in [6.07, 6.45) is -0.375. The summed E-state index contributed by atoms with van der Waals surface area (Å²) in [6.45, 7) is 2.93. The van der Waals surface area contributed by atoms with Crippen molar-refractivity contribution in [3.05, 3.63) is 60.2 Å². The second-order valence-electron chi connectivity index (χ2n) is 5.44. The van der Waals surface area contributed by atoms with Crippen LogP contribution in [0.5, 0.6) is 11.8 Å². The number of hydrogen-bond donors (Lipinski definition) is 2. The first kappa shape index (κ1) is 16.1. The molecule has 7 nitrogen and oxygen atoms in total. The third-order valence-electron chi connectivity index (χ3n) is 3.32. The lowest BCUT2D eigenvalue weighted by atomic mass is 10.2. The molecule has 0 unspecified atom stereocenters. The lowest BCUT2D eigenvalue weighted by Gasteiger charge is -2.09. The maximum atomic E-state index is 9.28. The summed E-state index contributed by atoms with van der Waals surface area (Å²) >= 11 is 0. The molecule has 1 atom stereocenters. The predicted molar refractivity (Wildman–Crippen MR) is 89.1 cm³/mol. The third kappa shape index (κ3) is 4.15. The summed E-state index contributed by atoms with van der Waals surface area (Å²) < 4.78 is 7.36. The van der Waals surface area contributed by atoms with Crippen LogP contribution >= 0.6 is 0 Å². The summed E-state index contributed by atoms with van der Waals surface area (Å²) in [5.41, 5.74) is 1.87. The number of ether oxygens (including phenoxy) is 1. The zero-order chi connectivity index (χ0) is 16.8. The molecular formula is C17H19N5O2. The lowest BCUT2D eigenvalue weighted by molar-refractivity contribution is 0.191. The van der Waals surface area contributed by atoms with Crippen molar-refractivity contribution in [2.24, 2.45) is 0 Å². The highest BCUT2D eigenvalue weighted by Gasteiger charge is 2.10. The van der Waals surface area contributed by atoms with Crippen molar-refractivity contribution in [3.63, 3.8) is 0 Å². The Kier molecular flexibility index (Phi) is 5.15. The highest BCUT2D eigenvalue weighted by Crippen LogP contribution is 2.22. The Morgan fingerprint density at radius 1 is 1.17 bits per heavy atom. The van der Waals surface area contributed by atoms with E-state index >= 15 is 0 Å². The molecule has 1 heterocycles. The highest BCUT2D eigenvalue weighted by atomic mass is 16.5. The van der Waals surface area contributed by atoms with Gasteiger partial charge in [0.05, 0.1) is 11.8 Å². The van der Waals surface area contributed by atoms with Gasteiger partial charge in [-0.05, 0) is 47.2 Å². The van der Waals surface area contributed by atoms with Crippen molar-refractivity contribution in [2.75, 3.05) is 6.54 Å². The second-order valence-corrected chi connectivity index (χ2v) is 5.44.